The molecule has 0 fully saturated rings. The standard InChI is InChI=1S/C10H16N4O/c1-15-14-10(12)8-2-4-9(5-3-8)13-7-6-11/h2-5,13H,6-7,11H2,1H3,(H2,12,14). The van der Waals surface area contributed by atoms with Gasteiger partial charge in [-0.3, -0.25) is 0 Å². The maximum absolute atomic E-state index is 5.64. The minimum Gasteiger partial charge on any atom is -0.397 e. The number of nitrogens with two attached hydrogens (primary N) is 2. The first-order valence-corrected chi connectivity index (χ1v) is 4.69. The third-order valence-corrected chi connectivity index (χ3v) is 1.84. The molecule has 1 aromatic carbocycles. The van der Waals surface area contributed by atoms with Gasteiger partial charge >= 0.3 is 0 Å². The van der Waals surface area contributed by atoms with Crippen molar-refractivity contribution >= 4 is 11.5 Å². The van der Waals surface area contributed by atoms with Crippen LogP contribution in [0.25, 0.3) is 0 Å². The van der Waals surface area contributed by atoms with E-state index >= 15 is 0 Å². The Labute approximate surface area is 89.1 Å². The molecule has 0 aliphatic carbocycles. The number of nitrogens with zero attached hydrogens (tertiary/aromatic N) is 1. The molecule has 1 rings (SSSR count). The lowest BCUT2D eigenvalue weighted by atomic mass is 10.2. The molecule has 0 saturated heterocycles. The van der Waals surface area contributed by atoms with Crippen molar-refractivity contribution in [2.45, 2.75) is 0 Å². The van der Waals surface area contributed by atoms with E-state index in [1.165, 1.54) is 7.11 Å². The molecule has 0 saturated carbocycles. The van der Waals surface area contributed by atoms with Gasteiger partial charge in [0.1, 0.15) is 7.11 Å². The maximum Gasteiger partial charge on any atom is 0.170 e. The van der Waals surface area contributed by atoms with Crippen LogP contribution in [0.2, 0.25) is 0 Å². The minimum absolute atomic E-state index is 0.364. The predicted octanol–water partition coefficient (Wildman–Crippen LogP) is 0.324. The molecule has 0 unspecified atom stereocenters. The Morgan fingerprint density at radius 2 is 2.07 bits per heavy atom. The molecule has 5 N–H and O–H groups in total. The van der Waals surface area contributed by atoms with Crippen LogP contribution in [0.4, 0.5) is 5.69 Å². The van der Waals surface area contributed by atoms with Crippen LogP contribution < -0.4 is 16.8 Å². The highest BCUT2D eigenvalue weighted by Gasteiger charge is 1.98. The maximum atomic E-state index is 5.64. The Bertz CT molecular complexity index is 321. The number of anilines is 1. The average molecular weight is 208 g/mol. The third kappa shape index (κ3) is 3.47. The first kappa shape index (κ1) is 11.3. The van der Waals surface area contributed by atoms with Crippen molar-refractivity contribution in [3.63, 3.8) is 0 Å². The molecule has 0 radical (unpaired) electrons. The van der Waals surface area contributed by atoms with Crippen LogP contribution in [0, 0.1) is 0 Å². The number of hydrogen-bond acceptors (Lipinski definition) is 4. The Morgan fingerprint density at radius 1 is 1.40 bits per heavy atom. The number of rotatable bonds is 5. The fourth-order valence-corrected chi connectivity index (χ4v) is 1.13. The van der Waals surface area contributed by atoms with Gasteiger partial charge in [-0.25, -0.2) is 0 Å². The van der Waals surface area contributed by atoms with Crippen LogP contribution in [0.3, 0.4) is 0 Å². The monoisotopic (exact) mass is 208 g/mol. The average Bonchev–Trinajstić information content (AvgIpc) is 2.27. The first-order chi connectivity index (χ1) is 7.27. The summed E-state index contributed by atoms with van der Waals surface area (Å²) in [6.07, 6.45) is 0. The van der Waals surface area contributed by atoms with Gasteiger partial charge in [-0.2, -0.15) is 0 Å². The minimum atomic E-state index is 0.364. The van der Waals surface area contributed by atoms with E-state index in [1.807, 2.05) is 24.3 Å². The molecule has 82 valence electrons. The highest BCUT2D eigenvalue weighted by molar-refractivity contribution is 5.97. The predicted molar refractivity (Wildman–Crippen MR) is 61.7 cm³/mol. The molecular formula is C10H16N4O. The molecule has 1 aromatic rings. The zero-order valence-corrected chi connectivity index (χ0v) is 8.73. The van der Waals surface area contributed by atoms with Gasteiger partial charge < -0.3 is 21.6 Å². The molecule has 0 aliphatic rings. The summed E-state index contributed by atoms with van der Waals surface area (Å²) in [5.74, 6) is 0.364. The number of oxime groups is 1. The Kier molecular flexibility index (Phi) is 4.43. The van der Waals surface area contributed by atoms with Crippen LogP contribution in [-0.4, -0.2) is 26.0 Å². The van der Waals surface area contributed by atoms with Crippen molar-refractivity contribution in [2.24, 2.45) is 16.6 Å². The van der Waals surface area contributed by atoms with Crippen molar-refractivity contribution in [1.82, 2.24) is 0 Å². The molecule has 0 bridgehead atoms. The number of nitrogens with one attached hydrogen (secondary N) is 1. The molecule has 0 spiro atoms. The van der Waals surface area contributed by atoms with Crippen molar-refractivity contribution in [1.29, 1.82) is 0 Å². The van der Waals surface area contributed by atoms with E-state index in [1.54, 1.807) is 0 Å². The largest absolute Gasteiger partial charge is 0.397 e. The zero-order chi connectivity index (χ0) is 11.1. The SMILES string of the molecule is CON=C(N)c1ccc(NCCN)cc1. The summed E-state index contributed by atoms with van der Waals surface area (Å²) < 4.78 is 0. The topological polar surface area (TPSA) is 85.7 Å². The van der Waals surface area contributed by atoms with Crippen molar-refractivity contribution < 1.29 is 4.84 Å². The summed E-state index contributed by atoms with van der Waals surface area (Å²) in [6, 6.07) is 7.58. The van der Waals surface area contributed by atoms with Crippen LogP contribution >= 0.6 is 0 Å². The van der Waals surface area contributed by atoms with E-state index < -0.39 is 0 Å². The second-order valence-corrected chi connectivity index (χ2v) is 2.95. The highest BCUT2D eigenvalue weighted by Crippen LogP contribution is 2.08. The second-order valence-electron chi connectivity index (χ2n) is 2.95. The molecule has 0 aromatic heterocycles. The van der Waals surface area contributed by atoms with Crippen molar-refractivity contribution in [3.8, 4) is 0 Å². The Morgan fingerprint density at radius 3 is 2.60 bits per heavy atom. The van der Waals surface area contributed by atoms with Crippen molar-refractivity contribution in [2.75, 3.05) is 25.5 Å². The smallest absolute Gasteiger partial charge is 0.170 e. The van der Waals surface area contributed by atoms with Gasteiger partial charge in [-0.15, -0.1) is 0 Å². The molecule has 5 nitrogen and oxygen atoms in total. The first-order valence-electron chi connectivity index (χ1n) is 4.69. The fourth-order valence-electron chi connectivity index (χ4n) is 1.13. The van der Waals surface area contributed by atoms with Gasteiger partial charge in [0.15, 0.2) is 5.84 Å². The lowest BCUT2D eigenvalue weighted by Gasteiger charge is -2.05. The Hall–Kier alpha value is -1.75. The lowest BCUT2D eigenvalue weighted by molar-refractivity contribution is 0.213. The van der Waals surface area contributed by atoms with E-state index in [-0.39, 0.29) is 0 Å². The molecule has 5 heteroatoms. The van der Waals surface area contributed by atoms with E-state index in [9.17, 15) is 0 Å². The van der Waals surface area contributed by atoms with Gasteiger partial charge in [-0.1, -0.05) is 5.16 Å². The molecule has 0 aliphatic heterocycles. The highest BCUT2D eigenvalue weighted by atomic mass is 16.6. The van der Waals surface area contributed by atoms with Gasteiger partial charge in [0, 0.05) is 24.3 Å². The second kappa shape index (κ2) is 5.87. The van der Waals surface area contributed by atoms with E-state index in [4.69, 9.17) is 11.5 Å². The summed E-state index contributed by atoms with van der Waals surface area (Å²) in [6.45, 7) is 1.36. The summed E-state index contributed by atoms with van der Waals surface area (Å²) in [4.78, 5) is 4.58. The van der Waals surface area contributed by atoms with E-state index in [2.05, 4.69) is 15.3 Å². The number of amidine groups is 1. The molecular weight excluding hydrogens is 192 g/mol. The number of benzene rings is 1. The molecule has 0 amide bonds. The van der Waals surface area contributed by atoms with Crippen LogP contribution in [0.15, 0.2) is 29.4 Å². The molecule has 0 atom stereocenters. The lowest BCUT2D eigenvalue weighted by Crippen LogP contribution is -2.15. The van der Waals surface area contributed by atoms with Crippen LogP contribution in [0.1, 0.15) is 5.56 Å². The van der Waals surface area contributed by atoms with E-state index in [0.29, 0.717) is 12.4 Å². The van der Waals surface area contributed by atoms with Crippen LogP contribution in [-0.2, 0) is 4.84 Å². The summed E-state index contributed by atoms with van der Waals surface area (Å²) >= 11 is 0. The summed E-state index contributed by atoms with van der Waals surface area (Å²) in [7, 11) is 1.46. The summed E-state index contributed by atoms with van der Waals surface area (Å²) in [5.41, 5.74) is 12.9. The number of hydrogen-bond donors (Lipinski definition) is 3. The summed E-state index contributed by atoms with van der Waals surface area (Å²) in [5, 5.41) is 6.80. The van der Waals surface area contributed by atoms with E-state index in [0.717, 1.165) is 17.8 Å². The fraction of sp³-hybridized carbons (Fsp3) is 0.300. The zero-order valence-electron chi connectivity index (χ0n) is 8.73. The van der Waals surface area contributed by atoms with Gasteiger partial charge in [0.05, 0.1) is 0 Å². The van der Waals surface area contributed by atoms with Gasteiger partial charge in [-0.05, 0) is 24.3 Å². The molecule has 15 heavy (non-hydrogen) atoms. The Balaban J connectivity index is 2.67. The van der Waals surface area contributed by atoms with Gasteiger partial charge in [0.2, 0.25) is 0 Å². The quantitative estimate of drug-likeness (QED) is 0.369. The third-order valence-electron chi connectivity index (χ3n) is 1.84. The van der Waals surface area contributed by atoms with Gasteiger partial charge in [0.25, 0.3) is 0 Å². The molecule has 0 heterocycles. The van der Waals surface area contributed by atoms with Crippen molar-refractivity contribution in [3.05, 3.63) is 29.8 Å². The normalized spacial score (nSPS) is 11.2. The van der Waals surface area contributed by atoms with Crippen LogP contribution in [0.5, 0.6) is 0 Å².